The number of likely N-dealkylation sites (N-methyl/N-ethyl adjacent to an activating group) is 1. The van der Waals surface area contributed by atoms with E-state index in [2.05, 4.69) is 24.5 Å². The zero-order valence-electron chi connectivity index (χ0n) is 15.3. The highest BCUT2D eigenvalue weighted by atomic mass is 32.2. The van der Waals surface area contributed by atoms with Crippen LogP contribution >= 0.6 is 0 Å². The van der Waals surface area contributed by atoms with Crippen LogP contribution in [0.1, 0.15) is 37.6 Å². The molecule has 1 amide bonds. The summed E-state index contributed by atoms with van der Waals surface area (Å²) in [6, 6.07) is 6.20. The zero-order valence-corrected chi connectivity index (χ0v) is 16.1. The van der Waals surface area contributed by atoms with E-state index in [4.69, 9.17) is 0 Å². The topological polar surface area (TPSA) is 78.5 Å². The number of piperidine rings is 1. The van der Waals surface area contributed by atoms with Crippen LogP contribution in [-0.2, 0) is 10.0 Å². The summed E-state index contributed by atoms with van der Waals surface area (Å²) in [5, 5.41) is 5.93. The van der Waals surface area contributed by atoms with Gasteiger partial charge in [-0.25, -0.2) is 8.42 Å². The van der Waals surface area contributed by atoms with E-state index in [-0.39, 0.29) is 10.8 Å². The van der Waals surface area contributed by atoms with Crippen molar-refractivity contribution in [3.05, 3.63) is 29.8 Å². The van der Waals surface area contributed by atoms with Crippen LogP contribution in [0.4, 0.5) is 0 Å². The number of rotatable bonds is 7. The van der Waals surface area contributed by atoms with Crippen LogP contribution in [-0.4, -0.2) is 51.4 Å². The maximum Gasteiger partial charge on any atom is 0.251 e. The Bertz CT molecular complexity index is 663. The molecule has 1 aromatic rings. The molecule has 6 nitrogen and oxygen atoms in total. The van der Waals surface area contributed by atoms with E-state index >= 15 is 0 Å². The van der Waals surface area contributed by atoms with Gasteiger partial charge in [0.1, 0.15) is 0 Å². The molecular weight excluding hydrogens is 338 g/mol. The van der Waals surface area contributed by atoms with Gasteiger partial charge in [-0.05, 0) is 49.1 Å². The van der Waals surface area contributed by atoms with Gasteiger partial charge in [-0.3, -0.25) is 4.79 Å². The standard InChI is InChI=1S/C18H29N3O3S/c1-4-19-9-10-20-18(22)16-5-7-17(8-6-16)25(23,24)21-12-14(2)11-15(3)13-21/h5-8,14-15,19H,4,9-13H2,1-3H3,(H,20,22). The van der Waals surface area contributed by atoms with Crippen molar-refractivity contribution in [2.24, 2.45) is 11.8 Å². The lowest BCUT2D eigenvalue weighted by Crippen LogP contribution is -2.42. The molecule has 0 spiro atoms. The van der Waals surface area contributed by atoms with E-state index in [9.17, 15) is 13.2 Å². The first-order valence-electron chi connectivity index (χ1n) is 8.93. The smallest absolute Gasteiger partial charge is 0.251 e. The van der Waals surface area contributed by atoms with Gasteiger partial charge in [-0.1, -0.05) is 20.8 Å². The lowest BCUT2D eigenvalue weighted by Gasteiger charge is -2.34. The minimum absolute atomic E-state index is 0.193. The molecule has 2 N–H and O–H groups in total. The molecule has 0 aromatic heterocycles. The summed E-state index contributed by atoms with van der Waals surface area (Å²) in [5.41, 5.74) is 0.468. The largest absolute Gasteiger partial charge is 0.351 e. The quantitative estimate of drug-likeness (QED) is 0.719. The zero-order chi connectivity index (χ0) is 18.4. The van der Waals surface area contributed by atoms with Gasteiger partial charge in [-0.15, -0.1) is 0 Å². The maximum absolute atomic E-state index is 12.8. The number of carbonyl (C=O) groups is 1. The molecule has 1 aliphatic rings. The summed E-state index contributed by atoms with van der Waals surface area (Å²) in [5.74, 6) is 0.530. The van der Waals surface area contributed by atoms with Crippen molar-refractivity contribution in [1.82, 2.24) is 14.9 Å². The summed E-state index contributed by atoms with van der Waals surface area (Å²) in [6.45, 7) is 9.38. The summed E-state index contributed by atoms with van der Waals surface area (Å²) in [6.07, 6.45) is 1.05. The molecule has 140 valence electrons. The van der Waals surface area contributed by atoms with Crippen molar-refractivity contribution in [3.8, 4) is 0 Å². The molecule has 1 fully saturated rings. The van der Waals surface area contributed by atoms with Crippen molar-refractivity contribution in [1.29, 1.82) is 0 Å². The lowest BCUT2D eigenvalue weighted by atomic mass is 9.94. The van der Waals surface area contributed by atoms with Crippen LogP contribution in [0.2, 0.25) is 0 Å². The van der Waals surface area contributed by atoms with Crippen LogP contribution in [0.5, 0.6) is 0 Å². The Morgan fingerprint density at radius 2 is 1.72 bits per heavy atom. The third-order valence-electron chi connectivity index (χ3n) is 4.43. The fourth-order valence-electron chi connectivity index (χ4n) is 3.27. The third-order valence-corrected chi connectivity index (χ3v) is 6.27. The first-order chi connectivity index (χ1) is 11.8. The Morgan fingerprint density at radius 3 is 2.28 bits per heavy atom. The molecule has 1 heterocycles. The predicted octanol–water partition coefficient (Wildman–Crippen LogP) is 1.69. The number of amides is 1. The van der Waals surface area contributed by atoms with E-state index in [0.29, 0.717) is 43.6 Å². The lowest BCUT2D eigenvalue weighted by molar-refractivity contribution is 0.0954. The van der Waals surface area contributed by atoms with Gasteiger partial charge < -0.3 is 10.6 Å². The van der Waals surface area contributed by atoms with Gasteiger partial charge in [-0.2, -0.15) is 4.31 Å². The van der Waals surface area contributed by atoms with E-state index in [0.717, 1.165) is 13.0 Å². The SMILES string of the molecule is CCNCCNC(=O)c1ccc(S(=O)(=O)N2CC(C)CC(C)C2)cc1. The number of sulfonamides is 1. The van der Waals surface area contributed by atoms with Gasteiger partial charge in [0.05, 0.1) is 4.90 Å². The number of hydrogen-bond acceptors (Lipinski definition) is 4. The molecule has 0 saturated carbocycles. The van der Waals surface area contributed by atoms with E-state index < -0.39 is 10.0 Å². The first-order valence-corrected chi connectivity index (χ1v) is 10.4. The highest BCUT2D eigenvalue weighted by molar-refractivity contribution is 7.89. The molecule has 25 heavy (non-hydrogen) atoms. The summed E-state index contributed by atoms with van der Waals surface area (Å²) < 4.78 is 27.2. The first kappa shape index (κ1) is 19.9. The molecule has 1 aromatic carbocycles. The predicted molar refractivity (Wildman–Crippen MR) is 99.0 cm³/mol. The Morgan fingerprint density at radius 1 is 1.12 bits per heavy atom. The monoisotopic (exact) mass is 367 g/mol. The average molecular weight is 368 g/mol. The Kier molecular flexibility index (Phi) is 6.98. The second-order valence-corrected chi connectivity index (χ2v) is 8.84. The normalized spacial score (nSPS) is 21.9. The van der Waals surface area contributed by atoms with Crippen LogP contribution < -0.4 is 10.6 Å². The third kappa shape index (κ3) is 5.26. The molecule has 0 aliphatic carbocycles. The second-order valence-electron chi connectivity index (χ2n) is 6.90. The van der Waals surface area contributed by atoms with Gasteiger partial charge in [0.15, 0.2) is 0 Å². The molecule has 0 bridgehead atoms. The molecule has 2 rings (SSSR count). The number of hydrogen-bond donors (Lipinski definition) is 2. The van der Waals surface area contributed by atoms with Gasteiger partial charge in [0.25, 0.3) is 5.91 Å². The van der Waals surface area contributed by atoms with Crippen molar-refractivity contribution in [2.75, 3.05) is 32.7 Å². The van der Waals surface area contributed by atoms with E-state index in [1.807, 2.05) is 6.92 Å². The van der Waals surface area contributed by atoms with Crippen molar-refractivity contribution < 1.29 is 13.2 Å². The molecule has 0 radical (unpaired) electrons. The Labute approximate surface area is 151 Å². The fourth-order valence-corrected chi connectivity index (χ4v) is 4.95. The summed E-state index contributed by atoms with van der Waals surface area (Å²) in [7, 11) is -3.50. The van der Waals surface area contributed by atoms with Crippen LogP contribution in [0.15, 0.2) is 29.2 Å². The Hall–Kier alpha value is -1.44. The molecule has 1 saturated heterocycles. The van der Waals surface area contributed by atoms with Crippen LogP contribution in [0.3, 0.4) is 0 Å². The van der Waals surface area contributed by atoms with Crippen molar-refractivity contribution in [3.63, 3.8) is 0 Å². The van der Waals surface area contributed by atoms with Crippen LogP contribution in [0, 0.1) is 11.8 Å². The van der Waals surface area contributed by atoms with Gasteiger partial charge in [0, 0.05) is 31.7 Å². The Balaban J connectivity index is 2.04. The number of carbonyl (C=O) groups excluding carboxylic acids is 1. The average Bonchev–Trinajstić information content (AvgIpc) is 2.58. The molecule has 7 heteroatoms. The summed E-state index contributed by atoms with van der Waals surface area (Å²) >= 11 is 0. The van der Waals surface area contributed by atoms with Gasteiger partial charge >= 0.3 is 0 Å². The summed E-state index contributed by atoms with van der Waals surface area (Å²) in [4.78, 5) is 12.3. The molecule has 2 atom stereocenters. The maximum atomic E-state index is 12.8. The number of nitrogens with zero attached hydrogens (tertiary/aromatic N) is 1. The van der Waals surface area contributed by atoms with E-state index in [1.54, 1.807) is 16.4 Å². The van der Waals surface area contributed by atoms with Crippen molar-refractivity contribution in [2.45, 2.75) is 32.1 Å². The van der Waals surface area contributed by atoms with Crippen molar-refractivity contribution >= 4 is 15.9 Å². The molecule has 2 unspecified atom stereocenters. The van der Waals surface area contributed by atoms with E-state index in [1.165, 1.54) is 12.1 Å². The molecule has 1 aliphatic heterocycles. The highest BCUT2D eigenvalue weighted by Gasteiger charge is 2.31. The molecular formula is C18H29N3O3S. The number of benzene rings is 1. The van der Waals surface area contributed by atoms with Gasteiger partial charge in [0.2, 0.25) is 10.0 Å². The number of nitrogens with one attached hydrogen (secondary N) is 2. The second kappa shape index (κ2) is 8.78. The fraction of sp³-hybridized carbons (Fsp3) is 0.611. The highest BCUT2D eigenvalue weighted by Crippen LogP contribution is 2.26. The van der Waals surface area contributed by atoms with Crippen LogP contribution in [0.25, 0.3) is 0 Å². The minimum atomic E-state index is -3.50. The minimum Gasteiger partial charge on any atom is -0.351 e.